The van der Waals surface area contributed by atoms with E-state index in [4.69, 9.17) is 9.47 Å². The van der Waals surface area contributed by atoms with Crippen LogP contribution in [0.4, 0.5) is 0 Å². The first-order valence-corrected chi connectivity index (χ1v) is 8.74. The van der Waals surface area contributed by atoms with Gasteiger partial charge in [0.25, 0.3) is 5.91 Å². The standard InChI is InChI=1S/C21H27NO3/c1-5-18-8-6-7-9-20(18)25-17(4)21(23)22-16(3)14-24-19-12-10-15(2)11-13-19/h6-13,16-17H,5,14H2,1-4H3,(H,22,23)/t16-,17+/m0/s1. The van der Waals surface area contributed by atoms with E-state index >= 15 is 0 Å². The van der Waals surface area contributed by atoms with Crippen LogP contribution in [-0.2, 0) is 11.2 Å². The summed E-state index contributed by atoms with van der Waals surface area (Å²) >= 11 is 0. The smallest absolute Gasteiger partial charge is 0.261 e. The van der Waals surface area contributed by atoms with Gasteiger partial charge in [0, 0.05) is 0 Å². The zero-order chi connectivity index (χ0) is 18.2. The lowest BCUT2D eigenvalue weighted by Crippen LogP contribution is -2.43. The quantitative estimate of drug-likeness (QED) is 0.792. The van der Waals surface area contributed by atoms with Crippen LogP contribution in [-0.4, -0.2) is 24.7 Å². The van der Waals surface area contributed by atoms with Crippen LogP contribution in [0.3, 0.4) is 0 Å². The van der Waals surface area contributed by atoms with Crippen LogP contribution in [0.2, 0.25) is 0 Å². The van der Waals surface area contributed by atoms with Crippen molar-refractivity contribution in [3.8, 4) is 11.5 Å². The molecule has 4 heteroatoms. The van der Waals surface area contributed by atoms with Crippen LogP contribution < -0.4 is 14.8 Å². The SMILES string of the molecule is CCc1ccccc1O[C@H](C)C(=O)N[C@@H](C)COc1ccc(C)cc1. The predicted octanol–water partition coefficient (Wildman–Crippen LogP) is 3.91. The number of rotatable bonds is 8. The molecule has 2 aromatic carbocycles. The van der Waals surface area contributed by atoms with E-state index in [0.717, 1.165) is 23.5 Å². The maximum absolute atomic E-state index is 12.3. The van der Waals surface area contributed by atoms with E-state index < -0.39 is 6.10 Å². The first-order chi connectivity index (χ1) is 12.0. The summed E-state index contributed by atoms with van der Waals surface area (Å²) in [5, 5.41) is 2.93. The Morgan fingerprint density at radius 3 is 2.44 bits per heavy atom. The Kier molecular flexibility index (Phi) is 6.87. The highest BCUT2D eigenvalue weighted by Gasteiger charge is 2.18. The first-order valence-electron chi connectivity index (χ1n) is 8.74. The molecule has 0 saturated carbocycles. The van der Waals surface area contributed by atoms with Gasteiger partial charge in [-0.15, -0.1) is 0 Å². The lowest BCUT2D eigenvalue weighted by Gasteiger charge is -2.20. The molecule has 2 atom stereocenters. The van der Waals surface area contributed by atoms with Crippen molar-refractivity contribution in [1.29, 1.82) is 0 Å². The Hall–Kier alpha value is -2.49. The fraction of sp³-hybridized carbons (Fsp3) is 0.381. The lowest BCUT2D eigenvalue weighted by molar-refractivity contribution is -0.128. The van der Waals surface area contributed by atoms with Crippen molar-refractivity contribution < 1.29 is 14.3 Å². The van der Waals surface area contributed by atoms with Crippen molar-refractivity contribution >= 4 is 5.91 Å². The van der Waals surface area contributed by atoms with Crippen LogP contribution in [0.1, 0.15) is 31.9 Å². The highest BCUT2D eigenvalue weighted by molar-refractivity contribution is 5.81. The third-order valence-electron chi connectivity index (χ3n) is 3.94. The van der Waals surface area contributed by atoms with E-state index in [1.165, 1.54) is 5.56 Å². The Morgan fingerprint density at radius 2 is 1.76 bits per heavy atom. The molecule has 0 aliphatic rings. The molecular weight excluding hydrogens is 314 g/mol. The number of hydrogen-bond donors (Lipinski definition) is 1. The molecule has 1 amide bonds. The molecule has 2 aromatic rings. The van der Waals surface area contributed by atoms with Gasteiger partial charge in [-0.25, -0.2) is 0 Å². The zero-order valence-electron chi connectivity index (χ0n) is 15.4. The molecule has 0 spiro atoms. The molecule has 0 aliphatic heterocycles. The van der Waals surface area contributed by atoms with Gasteiger partial charge in [0.05, 0.1) is 6.04 Å². The molecule has 2 rings (SSSR count). The Balaban J connectivity index is 1.82. The Bertz CT molecular complexity index is 682. The van der Waals surface area contributed by atoms with Gasteiger partial charge in [0.15, 0.2) is 6.10 Å². The van der Waals surface area contributed by atoms with E-state index in [2.05, 4.69) is 12.2 Å². The zero-order valence-corrected chi connectivity index (χ0v) is 15.4. The van der Waals surface area contributed by atoms with Gasteiger partial charge in [0.1, 0.15) is 18.1 Å². The molecular formula is C21H27NO3. The third kappa shape index (κ3) is 5.82. The first kappa shape index (κ1) is 18.8. The number of para-hydroxylation sites is 1. The number of carbonyl (C=O) groups excluding carboxylic acids is 1. The average molecular weight is 341 g/mol. The Labute approximate surface area is 150 Å². The molecule has 0 unspecified atom stereocenters. The van der Waals surface area contributed by atoms with Gasteiger partial charge in [0.2, 0.25) is 0 Å². The van der Waals surface area contributed by atoms with Crippen LogP contribution in [0.15, 0.2) is 48.5 Å². The topological polar surface area (TPSA) is 47.6 Å². The molecule has 134 valence electrons. The van der Waals surface area contributed by atoms with Crippen molar-refractivity contribution in [2.45, 2.75) is 46.3 Å². The number of amides is 1. The molecule has 0 radical (unpaired) electrons. The minimum Gasteiger partial charge on any atom is -0.491 e. The highest BCUT2D eigenvalue weighted by atomic mass is 16.5. The predicted molar refractivity (Wildman–Crippen MR) is 100 cm³/mol. The molecule has 0 fully saturated rings. The van der Waals surface area contributed by atoms with Gasteiger partial charge in [-0.3, -0.25) is 4.79 Å². The van der Waals surface area contributed by atoms with E-state index in [9.17, 15) is 4.79 Å². The molecule has 0 aliphatic carbocycles. The van der Waals surface area contributed by atoms with Gasteiger partial charge < -0.3 is 14.8 Å². The van der Waals surface area contributed by atoms with Crippen LogP contribution in [0.25, 0.3) is 0 Å². The maximum atomic E-state index is 12.3. The fourth-order valence-electron chi connectivity index (χ4n) is 2.41. The maximum Gasteiger partial charge on any atom is 0.261 e. The largest absolute Gasteiger partial charge is 0.491 e. The van der Waals surface area contributed by atoms with E-state index in [0.29, 0.717) is 6.61 Å². The third-order valence-corrected chi connectivity index (χ3v) is 3.94. The number of nitrogens with one attached hydrogen (secondary N) is 1. The monoisotopic (exact) mass is 341 g/mol. The van der Waals surface area contributed by atoms with Crippen LogP contribution in [0.5, 0.6) is 11.5 Å². The normalized spacial score (nSPS) is 13.0. The second kappa shape index (κ2) is 9.11. The van der Waals surface area contributed by atoms with Gasteiger partial charge in [-0.05, 0) is 51.0 Å². The summed E-state index contributed by atoms with van der Waals surface area (Å²) in [4.78, 5) is 12.3. The van der Waals surface area contributed by atoms with Crippen molar-refractivity contribution in [1.82, 2.24) is 5.32 Å². The number of hydrogen-bond acceptors (Lipinski definition) is 3. The summed E-state index contributed by atoms with van der Waals surface area (Å²) in [7, 11) is 0. The van der Waals surface area contributed by atoms with Gasteiger partial charge in [-0.2, -0.15) is 0 Å². The number of ether oxygens (including phenoxy) is 2. The average Bonchev–Trinajstić information content (AvgIpc) is 2.61. The molecule has 0 bridgehead atoms. The summed E-state index contributed by atoms with van der Waals surface area (Å²) < 4.78 is 11.5. The molecule has 25 heavy (non-hydrogen) atoms. The molecule has 0 heterocycles. The van der Waals surface area contributed by atoms with E-state index in [-0.39, 0.29) is 11.9 Å². The number of aryl methyl sites for hydroxylation is 2. The second-order valence-electron chi connectivity index (χ2n) is 6.26. The summed E-state index contributed by atoms with van der Waals surface area (Å²) in [6, 6.07) is 15.5. The van der Waals surface area contributed by atoms with Crippen LogP contribution in [0, 0.1) is 6.92 Å². The summed E-state index contributed by atoms with van der Waals surface area (Å²) in [5.41, 5.74) is 2.28. The second-order valence-corrected chi connectivity index (χ2v) is 6.26. The van der Waals surface area contributed by atoms with Crippen molar-refractivity contribution in [3.05, 3.63) is 59.7 Å². The minimum atomic E-state index is -0.561. The van der Waals surface area contributed by atoms with Crippen molar-refractivity contribution in [3.63, 3.8) is 0 Å². The molecule has 1 N–H and O–H groups in total. The molecule has 4 nitrogen and oxygen atoms in total. The molecule has 0 saturated heterocycles. The summed E-state index contributed by atoms with van der Waals surface area (Å²) in [5.74, 6) is 1.41. The van der Waals surface area contributed by atoms with Crippen LogP contribution >= 0.6 is 0 Å². The lowest BCUT2D eigenvalue weighted by atomic mass is 10.1. The Morgan fingerprint density at radius 1 is 1.08 bits per heavy atom. The number of carbonyl (C=O) groups is 1. The highest BCUT2D eigenvalue weighted by Crippen LogP contribution is 2.19. The molecule has 0 aromatic heterocycles. The van der Waals surface area contributed by atoms with E-state index in [1.54, 1.807) is 6.92 Å². The summed E-state index contributed by atoms with van der Waals surface area (Å²) in [6.45, 7) is 8.18. The van der Waals surface area contributed by atoms with Crippen molar-refractivity contribution in [2.24, 2.45) is 0 Å². The minimum absolute atomic E-state index is 0.110. The van der Waals surface area contributed by atoms with Gasteiger partial charge >= 0.3 is 0 Å². The van der Waals surface area contributed by atoms with E-state index in [1.807, 2.05) is 62.4 Å². The summed E-state index contributed by atoms with van der Waals surface area (Å²) in [6.07, 6.45) is 0.306. The van der Waals surface area contributed by atoms with Gasteiger partial charge in [-0.1, -0.05) is 42.8 Å². The number of benzene rings is 2. The fourth-order valence-corrected chi connectivity index (χ4v) is 2.41. The van der Waals surface area contributed by atoms with Crippen molar-refractivity contribution in [2.75, 3.05) is 6.61 Å².